The Bertz CT molecular complexity index is 261. The minimum Gasteiger partial charge on any atom is -0.394 e. The van der Waals surface area contributed by atoms with Crippen LogP contribution in [-0.4, -0.2) is 11.7 Å². The highest BCUT2D eigenvalue weighted by atomic mass is 32.1. The molecule has 1 aromatic rings. The van der Waals surface area contributed by atoms with Gasteiger partial charge in [-0.15, -0.1) is 11.3 Å². The summed E-state index contributed by atoms with van der Waals surface area (Å²) in [5, 5.41) is 8.86. The van der Waals surface area contributed by atoms with Crippen LogP contribution in [0, 0.1) is 0 Å². The van der Waals surface area contributed by atoms with E-state index in [1.165, 1.54) is 29.7 Å². The van der Waals surface area contributed by atoms with Gasteiger partial charge in [-0.1, -0.05) is 0 Å². The van der Waals surface area contributed by atoms with Gasteiger partial charge in [0.25, 0.3) is 0 Å². The average molecular weight is 183 g/mol. The van der Waals surface area contributed by atoms with Crippen LogP contribution in [0.5, 0.6) is 0 Å². The molecule has 3 N–H and O–H groups in total. The molecule has 0 saturated carbocycles. The van der Waals surface area contributed by atoms with Gasteiger partial charge >= 0.3 is 0 Å². The topological polar surface area (TPSA) is 46.2 Å². The number of thiophene rings is 1. The van der Waals surface area contributed by atoms with E-state index in [0.29, 0.717) is 0 Å². The Morgan fingerprint density at radius 3 is 3.08 bits per heavy atom. The number of hydrogen-bond donors (Lipinski definition) is 2. The fourth-order valence-corrected chi connectivity index (χ4v) is 2.87. The summed E-state index contributed by atoms with van der Waals surface area (Å²) in [6, 6.07) is 1.99. The predicted octanol–water partition coefficient (Wildman–Crippen LogP) is 1.23. The van der Waals surface area contributed by atoms with Gasteiger partial charge in [-0.2, -0.15) is 0 Å². The molecule has 12 heavy (non-hydrogen) atoms. The van der Waals surface area contributed by atoms with Crippen molar-refractivity contribution in [3.8, 4) is 0 Å². The Hall–Kier alpha value is -0.380. The van der Waals surface area contributed by atoms with Gasteiger partial charge in [0.1, 0.15) is 0 Å². The number of aliphatic hydroxyl groups is 1. The van der Waals surface area contributed by atoms with Crippen LogP contribution in [0.25, 0.3) is 0 Å². The molecule has 0 amide bonds. The maximum absolute atomic E-state index is 8.86. The summed E-state index contributed by atoms with van der Waals surface area (Å²) in [7, 11) is 0. The zero-order valence-electron chi connectivity index (χ0n) is 6.92. The van der Waals surface area contributed by atoms with Crippen molar-refractivity contribution in [3.63, 3.8) is 0 Å². The third-order valence-electron chi connectivity index (χ3n) is 2.33. The average Bonchev–Trinajstić information content (AvgIpc) is 2.60. The van der Waals surface area contributed by atoms with Crippen molar-refractivity contribution in [2.24, 2.45) is 5.73 Å². The zero-order chi connectivity index (χ0) is 8.55. The molecule has 2 nitrogen and oxygen atoms in total. The number of nitrogens with two attached hydrogens (primary N) is 1. The van der Waals surface area contributed by atoms with E-state index in [1.807, 2.05) is 0 Å². The molecule has 0 aliphatic heterocycles. The third-order valence-corrected chi connectivity index (χ3v) is 3.70. The number of aryl methyl sites for hydroxylation is 2. The minimum atomic E-state index is -0.166. The second kappa shape index (κ2) is 3.17. The fourth-order valence-electron chi connectivity index (χ4n) is 1.62. The molecule has 0 aromatic carbocycles. The molecule has 1 aromatic heterocycles. The Morgan fingerprint density at radius 1 is 1.58 bits per heavy atom. The van der Waals surface area contributed by atoms with Crippen LogP contribution in [0.2, 0.25) is 0 Å². The lowest BCUT2D eigenvalue weighted by atomic mass is 10.2. The summed E-state index contributed by atoms with van der Waals surface area (Å²) >= 11 is 1.77. The van der Waals surface area contributed by atoms with Crippen LogP contribution in [0.4, 0.5) is 0 Å². The van der Waals surface area contributed by atoms with Gasteiger partial charge < -0.3 is 10.8 Å². The molecular weight excluding hydrogens is 170 g/mol. The Kier molecular flexibility index (Phi) is 2.17. The molecule has 0 bridgehead atoms. The Balaban J connectivity index is 2.25. The van der Waals surface area contributed by atoms with Crippen LogP contribution in [-0.2, 0) is 12.8 Å². The van der Waals surface area contributed by atoms with Crippen molar-refractivity contribution in [3.05, 3.63) is 21.4 Å². The van der Waals surface area contributed by atoms with E-state index in [2.05, 4.69) is 6.07 Å². The molecule has 1 heterocycles. The molecule has 1 aliphatic rings. The van der Waals surface area contributed by atoms with Crippen LogP contribution in [0.15, 0.2) is 6.07 Å². The van der Waals surface area contributed by atoms with E-state index >= 15 is 0 Å². The van der Waals surface area contributed by atoms with Gasteiger partial charge in [0.15, 0.2) is 0 Å². The van der Waals surface area contributed by atoms with Crippen molar-refractivity contribution in [2.75, 3.05) is 6.61 Å². The van der Waals surface area contributed by atoms with E-state index < -0.39 is 0 Å². The van der Waals surface area contributed by atoms with E-state index in [0.717, 1.165) is 4.88 Å². The van der Waals surface area contributed by atoms with Crippen LogP contribution >= 0.6 is 11.3 Å². The second-order valence-electron chi connectivity index (χ2n) is 3.24. The van der Waals surface area contributed by atoms with Gasteiger partial charge in [0, 0.05) is 9.75 Å². The van der Waals surface area contributed by atoms with Gasteiger partial charge in [-0.25, -0.2) is 0 Å². The number of aliphatic hydroxyl groups excluding tert-OH is 1. The molecule has 0 saturated heterocycles. The number of hydrogen-bond acceptors (Lipinski definition) is 3. The first-order valence-corrected chi connectivity index (χ1v) is 5.11. The molecule has 66 valence electrons. The molecule has 0 fully saturated rings. The molecular formula is C9H13NOS. The van der Waals surface area contributed by atoms with Crippen molar-refractivity contribution in [2.45, 2.75) is 25.3 Å². The highest BCUT2D eigenvalue weighted by Gasteiger charge is 2.17. The number of fused-ring (bicyclic) bond motifs is 1. The van der Waals surface area contributed by atoms with Crippen molar-refractivity contribution < 1.29 is 5.11 Å². The molecule has 1 aliphatic carbocycles. The maximum atomic E-state index is 8.86. The first-order valence-electron chi connectivity index (χ1n) is 4.29. The lowest BCUT2D eigenvalue weighted by Gasteiger charge is -2.03. The van der Waals surface area contributed by atoms with Crippen LogP contribution < -0.4 is 5.73 Å². The highest BCUT2D eigenvalue weighted by molar-refractivity contribution is 7.12. The monoisotopic (exact) mass is 183 g/mol. The molecule has 0 spiro atoms. The molecule has 3 heteroatoms. The van der Waals surface area contributed by atoms with Crippen molar-refractivity contribution >= 4 is 11.3 Å². The van der Waals surface area contributed by atoms with Crippen molar-refractivity contribution in [1.82, 2.24) is 0 Å². The largest absolute Gasteiger partial charge is 0.394 e. The Morgan fingerprint density at radius 2 is 2.42 bits per heavy atom. The van der Waals surface area contributed by atoms with Crippen LogP contribution in [0.3, 0.4) is 0 Å². The third kappa shape index (κ3) is 1.28. The lowest BCUT2D eigenvalue weighted by molar-refractivity contribution is 0.269. The van der Waals surface area contributed by atoms with Gasteiger partial charge in [0.05, 0.1) is 12.6 Å². The second-order valence-corrected chi connectivity index (χ2v) is 4.41. The first kappa shape index (κ1) is 8.23. The predicted molar refractivity (Wildman–Crippen MR) is 50.4 cm³/mol. The maximum Gasteiger partial charge on any atom is 0.0632 e. The summed E-state index contributed by atoms with van der Waals surface area (Å²) in [6.07, 6.45) is 3.69. The van der Waals surface area contributed by atoms with E-state index in [-0.39, 0.29) is 12.6 Å². The quantitative estimate of drug-likeness (QED) is 0.724. The van der Waals surface area contributed by atoms with Gasteiger partial charge in [-0.05, 0) is 30.9 Å². The summed E-state index contributed by atoms with van der Waals surface area (Å²) in [4.78, 5) is 2.62. The summed E-state index contributed by atoms with van der Waals surface area (Å²) in [5.74, 6) is 0. The van der Waals surface area contributed by atoms with Gasteiger partial charge in [0.2, 0.25) is 0 Å². The van der Waals surface area contributed by atoms with Crippen molar-refractivity contribution in [1.29, 1.82) is 0 Å². The zero-order valence-corrected chi connectivity index (χ0v) is 7.73. The lowest BCUT2D eigenvalue weighted by Crippen LogP contribution is -2.12. The standard InChI is InChI=1S/C9H13NOS/c10-7(5-11)9-4-6-2-1-3-8(6)12-9/h4,7,11H,1-3,5,10H2/t7-/m1/s1. The molecule has 0 unspecified atom stereocenters. The summed E-state index contributed by atoms with van der Waals surface area (Å²) in [6.45, 7) is 0.0550. The summed E-state index contributed by atoms with van der Waals surface area (Å²) in [5.41, 5.74) is 7.17. The van der Waals surface area contributed by atoms with E-state index in [4.69, 9.17) is 10.8 Å². The molecule has 1 atom stereocenters. The Labute approximate surface area is 76.0 Å². The highest BCUT2D eigenvalue weighted by Crippen LogP contribution is 2.32. The fraction of sp³-hybridized carbons (Fsp3) is 0.556. The summed E-state index contributed by atoms with van der Waals surface area (Å²) < 4.78 is 0. The van der Waals surface area contributed by atoms with Crippen LogP contribution in [0.1, 0.15) is 27.8 Å². The van der Waals surface area contributed by atoms with Gasteiger partial charge in [-0.3, -0.25) is 0 Å². The number of rotatable bonds is 2. The molecule has 2 rings (SSSR count). The molecule has 0 radical (unpaired) electrons. The van der Waals surface area contributed by atoms with E-state index in [1.54, 1.807) is 11.3 Å². The smallest absolute Gasteiger partial charge is 0.0632 e. The normalized spacial score (nSPS) is 17.8. The minimum absolute atomic E-state index is 0.0550. The SMILES string of the molecule is N[C@H](CO)c1cc2c(s1)CCC2. The first-order chi connectivity index (χ1) is 5.81. The van der Waals surface area contributed by atoms with E-state index in [9.17, 15) is 0 Å².